The molecule has 0 aliphatic rings. The van der Waals surface area contributed by atoms with E-state index in [4.69, 9.17) is 9.15 Å². The fraction of sp³-hybridized carbons (Fsp3) is 0.160. The molecule has 0 fully saturated rings. The zero-order valence-corrected chi connectivity index (χ0v) is 18.1. The average molecular weight is 446 g/mol. The second-order valence-electron chi connectivity index (χ2n) is 7.91. The molecule has 4 rings (SSSR count). The maximum atomic E-state index is 12.8. The first-order valence-electron chi connectivity index (χ1n) is 10.4. The van der Waals surface area contributed by atoms with Crippen LogP contribution in [0.4, 0.5) is 10.5 Å². The van der Waals surface area contributed by atoms with Crippen molar-refractivity contribution in [2.75, 3.05) is 11.9 Å². The maximum absolute atomic E-state index is 12.8. The highest BCUT2D eigenvalue weighted by Gasteiger charge is 2.17. The van der Waals surface area contributed by atoms with Gasteiger partial charge in [0.25, 0.3) is 5.91 Å². The van der Waals surface area contributed by atoms with Crippen molar-refractivity contribution in [1.82, 2.24) is 4.57 Å². The van der Waals surface area contributed by atoms with E-state index in [9.17, 15) is 19.5 Å². The number of ether oxygens (including phenoxy) is 1. The lowest BCUT2D eigenvalue weighted by Gasteiger charge is -2.12. The van der Waals surface area contributed by atoms with Gasteiger partial charge in [0.05, 0.1) is 12.3 Å². The van der Waals surface area contributed by atoms with Crippen LogP contribution in [0.2, 0.25) is 0 Å². The summed E-state index contributed by atoms with van der Waals surface area (Å²) in [5.74, 6) is -0.625. The number of aromatic hydroxyl groups is 1. The molecule has 8 heteroatoms. The number of hydrogen-bond acceptors (Lipinski definition) is 6. The number of hydrogen-bond donors (Lipinski definition) is 2. The number of benzene rings is 2. The Kier molecular flexibility index (Phi) is 5.99. The summed E-state index contributed by atoms with van der Waals surface area (Å²) in [7, 11) is 0. The number of anilines is 1. The summed E-state index contributed by atoms with van der Waals surface area (Å²) < 4.78 is 11.8. The molecule has 2 aromatic carbocycles. The minimum absolute atomic E-state index is 0.0196. The summed E-state index contributed by atoms with van der Waals surface area (Å²) in [5.41, 5.74) is 0.663. The summed E-state index contributed by atoms with van der Waals surface area (Å²) in [5, 5.41) is 12.9. The van der Waals surface area contributed by atoms with Crippen LogP contribution in [-0.4, -0.2) is 28.3 Å². The number of rotatable bonds is 5. The van der Waals surface area contributed by atoms with Crippen LogP contribution in [-0.2, 0) is 4.74 Å². The van der Waals surface area contributed by atoms with Gasteiger partial charge < -0.3 is 19.6 Å². The Morgan fingerprint density at radius 1 is 1.09 bits per heavy atom. The molecule has 2 heterocycles. The van der Waals surface area contributed by atoms with Crippen molar-refractivity contribution in [1.29, 1.82) is 0 Å². The van der Waals surface area contributed by atoms with Gasteiger partial charge >= 0.3 is 11.7 Å². The lowest BCUT2D eigenvalue weighted by Crippen LogP contribution is -2.20. The molecule has 1 amide bonds. The van der Waals surface area contributed by atoms with Crippen LogP contribution in [0.1, 0.15) is 24.2 Å². The van der Waals surface area contributed by atoms with Gasteiger partial charge in [0.2, 0.25) is 0 Å². The molecule has 0 saturated carbocycles. The van der Waals surface area contributed by atoms with Crippen molar-refractivity contribution in [2.45, 2.75) is 13.8 Å². The third-order valence-corrected chi connectivity index (χ3v) is 4.89. The second-order valence-corrected chi connectivity index (χ2v) is 7.91. The summed E-state index contributed by atoms with van der Waals surface area (Å²) in [4.78, 5) is 37.5. The molecule has 0 aliphatic heterocycles. The molecule has 0 saturated heterocycles. The van der Waals surface area contributed by atoms with Gasteiger partial charge in [0.15, 0.2) is 11.3 Å². The molecule has 0 spiro atoms. The summed E-state index contributed by atoms with van der Waals surface area (Å²) in [6.45, 7) is 4.21. The molecule has 0 radical (unpaired) electrons. The van der Waals surface area contributed by atoms with Crippen molar-refractivity contribution in [2.24, 2.45) is 5.92 Å². The fourth-order valence-corrected chi connectivity index (χ4v) is 3.32. The first-order valence-corrected chi connectivity index (χ1v) is 10.4. The van der Waals surface area contributed by atoms with Gasteiger partial charge in [-0.25, -0.2) is 9.59 Å². The SMILES string of the molecule is CC(C)COC(=O)n1cccc1-c1cccc(NC(=O)c2cc3cccc(O)c3oc2=O)c1. The van der Waals surface area contributed by atoms with Gasteiger partial charge in [-0.3, -0.25) is 9.36 Å². The first-order chi connectivity index (χ1) is 15.8. The summed E-state index contributed by atoms with van der Waals surface area (Å²) >= 11 is 0. The third-order valence-electron chi connectivity index (χ3n) is 4.89. The topological polar surface area (TPSA) is 111 Å². The molecule has 0 bridgehead atoms. The van der Waals surface area contributed by atoms with Gasteiger partial charge in [-0.05, 0) is 42.3 Å². The molecule has 2 aromatic heterocycles. The van der Waals surface area contributed by atoms with Gasteiger partial charge in [0, 0.05) is 22.8 Å². The molecule has 33 heavy (non-hydrogen) atoms. The quantitative estimate of drug-likeness (QED) is 0.424. The van der Waals surface area contributed by atoms with Gasteiger partial charge in [0.1, 0.15) is 5.56 Å². The number of fused-ring (bicyclic) bond motifs is 1. The maximum Gasteiger partial charge on any atom is 0.418 e. The molecular formula is C25H22N2O6. The van der Waals surface area contributed by atoms with Gasteiger partial charge in [-0.2, -0.15) is 0 Å². The van der Waals surface area contributed by atoms with E-state index in [2.05, 4.69) is 5.32 Å². The number of nitrogens with zero attached hydrogens (tertiary/aromatic N) is 1. The number of phenolic OH excluding ortho intramolecular Hbond substituents is 1. The van der Waals surface area contributed by atoms with Crippen LogP contribution in [0.25, 0.3) is 22.2 Å². The van der Waals surface area contributed by atoms with E-state index < -0.39 is 17.6 Å². The minimum Gasteiger partial charge on any atom is -0.504 e. The van der Waals surface area contributed by atoms with E-state index in [1.165, 1.54) is 16.7 Å². The standard InChI is InChI=1S/C25H22N2O6/c1-15(2)14-32-25(31)27-11-5-9-20(27)16-6-3-8-18(12-16)26-23(29)19-13-17-7-4-10-21(28)22(17)33-24(19)30/h3-13,15,28H,14H2,1-2H3,(H,26,29). The number of nitrogens with one attached hydrogen (secondary N) is 1. The summed E-state index contributed by atoms with van der Waals surface area (Å²) in [6.07, 6.45) is 1.12. The van der Waals surface area contributed by atoms with Crippen LogP contribution >= 0.6 is 0 Å². The Labute approximate surface area is 189 Å². The van der Waals surface area contributed by atoms with E-state index in [1.807, 2.05) is 13.8 Å². The average Bonchev–Trinajstić information content (AvgIpc) is 3.28. The molecule has 168 valence electrons. The van der Waals surface area contributed by atoms with Crippen LogP contribution in [0.15, 0.2) is 76.1 Å². The normalized spacial score (nSPS) is 11.0. The number of aromatic nitrogens is 1. The number of para-hydroxylation sites is 1. The zero-order chi connectivity index (χ0) is 23.5. The highest BCUT2D eigenvalue weighted by Crippen LogP contribution is 2.25. The second kappa shape index (κ2) is 9.04. The van der Waals surface area contributed by atoms with E-state index >= 15 is 0 Å². The predicted molar refractivity (Wildman–Crippen MR) is 124 cm³/mol. The van der Waals surface area contributed by atoms with E-state index in [1.54, 1.807) is 54.7 Å². The Hall–Kier alpha value is -4.33. The number of phenols is 1. The monoisotopic (exact) mass is 446 g/mol. The molecule has 0 aliphatic carbocycles. The smallest absolute Gasteiger partial charge is 0.418 e. The molecule has 4 aromatic rings. The Balaban J connectivity index is 1.59. The number of carbonyl (C=O) groups excluding carboxylic acids is 2. The van der Waals surface area contributed by atoms with Crippen LogP contribution in [0.3, 0.4) is 0 Å². The first kappa shape index (κ1) is 21.9. The van der Waals surface area contributed by atoms with Gasteiger partial charge in [-0.1, -0.05) is 38.1 Å². The molecule has 0 atom stereocenters. The Morgan fingerprint density at radius 2 is 1.88 bits per heavy atom. The summed E-state index contributed by atoms with van der Waals surface area (Å²) in [6, 6.07) is 16.4. The van der Waals surface area contributed by atoms with Crippen molar-refractivity contribution < 1.29 is 23.8 Å². The van der Waals surface area contributed by atoms with E-state index in [0.29, 0.717) is 28.9 Å². The molecule has 8 nitrogen and oxygen atoms in total. The molecular weight excluding hydrogens is 424 g/mol. The Morgan fingerprint density at radius 3 is 2.67 bits per heavy atom. The van der Waals surface area contributed by atoms with Crippen LogP contribution in [0, 0.1) is 5.92 Å². The van der Waals surface area contributed by atoms with Gasteiger partial charge in [-0.15, -0.1) is 0 Å². The van der Waals surface area contributed by atoms with Crippen molar-refractivity contribution in [3.63, 3.8) is 0 Å². The highest BCUT2D eigenvalue weighted by molar-refractivity contribution is 6.05. The van der Waals surface area contributed by atoms with E-state index in [0.717, 1.165) is 0 Å². The van der Waals surface area contributed by atoms with Crippen molar-refractivity contribution in [3.8, 4) is 17.0 Å². The minimum atomic E-state index is -0.862. The molecule has 0 unspecified atom stereocenters. The fourth-order valence-electron chi connectivity index (χ4n) is 3.32. The number of carbonyl (C=O) groups is 2. The zero-order valence-electron chi connectivity index (χ0n) is 18.1. The third kappa shape index (κ3) is 4.64. The number of amides is 1. The van der Waals surface area contributed by atoms with Crippen LogP contribution in [0.5, 0.6) is 5.75 Å². The predicted octanol–water partition coefficient (Wildman–Crippen LogP) is 4.86. The molecule has 2 N–H and O–H groups in total. The lowest BCUT2D eigenvalue weighted by atomic mass is 10.1. The van der Waals surface area contributed by atoms with Crippen molar-refractivity contribution >= 4 is 28.7 Å². The highest BCUT2D eigenvalue weighted by atomic mass is 16.5. The van der Waals surface area contributed by atoms with E-state index in [-0.39, 0.29) is 22.8 Å². The lowest BCUT2D eigenvalue weighted by molar-refractivity contribution is 0.102. The van der Waals surface area contributed by atoms with Crippen molar-refractivity contribution in [3.05, 3.63) is 82.8 Å². The Bertz CT molecular complexity index is 1400. The largest absolute Gasteiger partial charge is 0.504 e. The van der Waals surface area contributed by atoms with Crippen LogP contribution < -0.4 is 10.9 Å².